The fraction of sp³-hybridized carbons (Fsp3) is 0.600. The molecule has 21 heavy (non-hydrogen) atoms. The molecule has 1 saturated carbocycles. The van der Waals surface area contributed by atoms with Crippen LogP contribution in [0.2, 0.25) is 0 Å². The Hall–Kier alpha value is -1.53. The lowest BCUT2D eigenvalue weighted by Gasteiger charge is -2.34. The van der Waals surface area contributed by atoms with Crippen molar-refractivity contribution in [2.24, 2.45) is 0 Å². The van der Waals surface area contributed by atoms with Crippen LogP contribution in [0.1, 0.15) is 31.2 Å². The summed E-state index contributed by atoms with van der Waals surface area (Å²) in [6, 6.07) is 5.36. The first-order valence-electron chi connectivity index (χ1n) is 7.32. The van der Waals surface area contributed by atoms with Crippen LogP contribution in [0.5, 0.6) is 0 Å². The summed E-state index contributed by atoms with van der Waals surface area (Å²) in [5, 5.41) is 14.1. The third kappa shape index (κ3) is 3.77. The van der Waals surface area contributed by atoms with Crippen molar-refractivity contribution in [2.45, 2.75) is 44.3 Å². The first-order valence-corrected chi connectivity index (χ1v) is 7.32. The molecule has 0 spiro atoms. The molecule has 6 heteroatoms. The number of halogens is 1. The Morgan fingerprint density at radius 1 is 1.38 bits per heavy atom. The summed E-state index contributed by atoms with van der Waals surface area (Å²) in [5.41, 5.74) is -0.0535. The van der Waals surface area contributed by atoms with E-state index < -0.39 is 16.4 Å². The number of hydrogen-bond donors (Lipinski definition) is 1. The van der Waals surface area contributed by atoms with Gasteiger partial charge < -0.3 is 5.32 Å². The number of benzene rings is 1. The van der Waals surface area contributed by atoms with Gasteiger partial charge in [0.15, 0.2) is 0 Å². The van der Waals surface area contributed by atoms with Gasteiger partial charge in [-0.25, -0.2) is 0 Å². The predicted octanol–water partition coefficient (Wildman–Crippen LogP) is 2.70. The smallest absolute Gasteiger partial charge is 0.305 e. The van der Waals surface area contributed by atoms with Crippen molar-refractivity contribution in [1.29, 1.82) is 0 Å². The van der Waals surface area contributed by atoms with Crippen molar-refractivity contribution < 1.29 is 9.31 Å². The SMILES string of the molecule is CNC1CCC(N(C)Cc2cccc([N+](=O)[O-])c2F)CC1. The molecular formula is C15H22FN3O2. The molecule has 0 atom stereocenters. The van der Waals surface area contributed by atoms with Crippen LogP contribution in [0, 0.1) is 15.9 Å². The van der Waals surface area contributed by atoms with E-state index in [9.17, 15) is 14.5 Å². The molecule has 1 N–H and O–H groups in total. The van der Waals surface area contributed by atoms with Gasteiger partial charge in [-0.1, -0.05) is 12.1 Å². The number of nitro benzene ring substituents is 1. The van der Waals surface area contributed by atoms with Crippen LogP contribution in [-0.2, 0) is 6.54 Å². The molecule has 0 aromatic heterocycles. The van der Waals surface area contributed by atoms with Crippen LogP contribution in [0.4, 0.5) is 10.1 Å². The van der Waals surface area contributed by atoms with Gasteiger partial charge >= 0.3 is 5.69 Å². The van der Waals surface area contributed by atoms with E-state index in [1.807, 2.05) is 14.1 Å². The molecular weight excluding hydrogens is 273 g/mol. The van der Waals surface area contributed by atoms with E-state index in [0.29, 0.717) is 24.2 Å². The Bertz CT molecular complexity index is 502. The first kappa shape index (κ1) is 15.9. The molecule has 0 unspecified atom stereocenters. The number of nitrogens with one attached hydrogen (secondary N) is 1. The van der Waals surface area contributed by atoms with E-state index in [2.05, 4.69) is 10.2 Å². The van der Waals surface area contributed by atoms with Crippen LogP contribution >= 0.6 is 0 Å². The Morgan fingerprint density at radius 3 is 2.62 bits per heavy atom. The highest BCUT2D eigenvalue weighted by Gasteiger charge is 2.25. The zero-order valence-corrected chi connectivity index (χ0v) is 12.5. The Morgan fingerprint density at radius 2 is 2.05 bits per heavy atom. The Labute approximate surface area is 124 Å². The van der Waals surface area contributed by atoms with Gasteiger partial charge in [0.25, 0.3) is 0 Å². The second kappa shape index (κ2) is 6.95. The lowest BCUT2D eigenvalue weighted by molar-refractivity contribution is -0.387. The first-order chi connectivity index (χ1) is 10.0. The van der Waals surface area contributed by atoms with Gasteiger partial charge in [-0.3, -0.25) is 15.0 Å². The molecule has 0 saturated heterocycles. The maximum Gasteiger partial charge on any atom is 0.305 e. The summed E-state index contributed by atoms with van der Waals surface area (Å²) in [4.78, 5) is 12.2. The molecule has 5 nitrogen and oxygen atoms in total. The molecule has 1 aromatic rings. The summed E-state index contributed by atoms with van der Waals surface area (Å²) in [6.45, 7) is 0.405. The average Bonchev–Trinajstić information content (AvgIpc) is 2.49. The van der Waals surface area contributed by atoms with Crippen LogP contribution in [0.15, 0.2) is 18.2 Å². The highest BCUT2D eigenvalue weighted by atomic mass is 19.1. The fourth-order valence-corrected chi connectivity index (χ4v) is 3.03. The lowest BCUT2D eigenvalue weighted by atomic mass is 9.90. The van der Waals surface area contributed by atoms with E-state index in [0.717, 1.165) is 25.7 Å². The van der Waals surface area contributed by atoms with Crippen molar-refractivity contribution in [2.75, 3.05) is 14.1 Å². The average molecular weight is 295 g/mol. The topological polar surface area (TPSA) is 58.4 Å². The van der Waals surface area contributed by atoms with E-state index in [-0.39, 0.29) is 0 Å². The zero-order valence-electron chi connectivity index (χ0n) is 12.5. The van der Waals surface area contributed by atoms with Gasteiger partial charge in [-0.2, -0.15) is 4.39 Å². The minimum absolute atomic E-state index is 0.391. The van der Waals surface area contributed by atoms with E-state index in [1.165, 1.54) is 6.07 Å². The molecule has 1 aliphatic carbocycles. The quantitative estimate of drug-likeness (QED) is 0.670. The van der Waals surface area contributed by atoms with Crippen molar-refractivity contribution in [1.82, 2.24) is 10.2 Å². The monoisotopic (exact) mass is 295 g/mol. The standard InChI is InChI=1S/C15H22FN3O2/c1-17-12-6-8-13(9-7-12)18(2)10-11-4-3-5-14(15(11)16)19(20)21/h3-5,12-13,17H,6-10H2,1-2H3. The number of nitro groups is 1. The van der Waals surface area contributed by atoms with Crippen molar-refractivity contribution >= 4 is 5.69 Å². The second-order valence-corrected chi connectivity index (χ2v) is 5.72. The van der Waals surface area contributed by atoms with Gasteiger partial charge in [-0.15, -0.1) is 0 Å². The normalized spacial score (nSPS) is 22.5. The molecule has 2 rings (SSSR count). The largest absolute Gasteiger partial charge is 0.317 e. The molecule has 1 aliphatic rings. The fourth-order valence-electron chi connectivity index (χ4n) is 3.03. The van der Waals surface area contributed by atoms with Crippen LogP contribution in [0.3, 0.4) is 0 Å². The summed E-state index contributed by atoms with van der Waals surface area (Å²) in [7, 11) is 3.94. The molecule has 0 radical (unpaired) electrons. The van der Waals surface area contributed by atoms with E-state index >= 15 is 0 Å². The summed E-state index contributed by atoms with van der Waals surface area (Å²) < 4.78 is 14.1. The van der Waals surface area contributed by atoms with Crippen molar-refractivity contribution in [3.63, 3.8) is 0 Å². The van der Waals surface area contributed by atoms with Crippen LogP contribution in [0.25, 0.3) is 0 Å². The van der Waals surface area contributed by atoms with Gasteiger partial charge in [0.1, 0.15) is 0 Å². The third-order valence-electron chi connectivity index (χ3n) is 4.40. The third-order valence-corrected chi connectivity index (χ3v) is 4.40. The minimum atomic E-state index is -0.710. The van der Waals surface area contributed by atoms with Gasteiger partial charge in [-0.05, 0) is 39.8 Å². The lowest BCUT2D eigenvalue weighted by Crippen LogP contribution is -2.39. The molecule has 116 valence electrons. The zero-order chi connectivity index (χ0) is 15.4. The minimum Gasteiger partial charge on any atom is -0.317 e. The van der Waals surface area contributed by atoms with Gasteiger partial charge in [0.2, 0.25) is 5.82 Å². The maximum absolute atomic E-state index is 14.1. The van der Waals surface area contributed by atoms with Crippen LogP contribution in [-0.4, -0.2) is 36.0 Å². The molecule has 1 aromatic carbocycles. The Kier molecular flexibility index (Phi) is 5.25. The van der Waals surface area contributed by atoms with E-state index in [1.54, 1.807) is 12.1 Å². The van der Waals surface area contributed by atoms with E-state index in [4.69, 9.17) is 0 Å². The predicted molar refractivity (Wildman–Crippen MR) is 79.6 cm³/mol. The van der Waals surface area contributed by atoms with Crippen molar-refractivity contribution in [3.8, 4) is 0 Å². The number of nitrogens with zero attached hydrogens (tertiary/aromatic N) is 2. The molecule has 0 heterocycles. The highest BCUT2D eigenvalue weighted by Crippen LogP contribution is 2.26. The number of rotatable bonds is 5. The van der Waals surface area contributed by atoms with Crippen molar-refractivity contribution in [3.05, 3.63) is 39.7 Å². The van der Waals surface area contributed by atoms with Gasteiger partial charge in [0, 0.05) is 30.3 Å². The second-order valence-electron chi connectivity index (χ2n) is 5.72. The number of hydrogen-bond acceptors (Lipinski definition) is 4. The molecule has 0 aliphatic heterocycles. The van der Waals surface area contributed by atoms with Gasteiger partial charge in [0.05, 0.1) is 4.92 Å². The molecule has 1 fully saturated rings. The Balaban J connectivity index is 2.02. The summed E-state index contributed by atoms with van der Waals surface area (Å²) in [6.07, 6.45) is 4.36. The molecule has 0 bridgehead atoms. The summed E-state index contributed by atoms with van der Waals surface area (Å²) >= 11 is 0. The van der Waals surface area contributed by atoms with Crippen LogP contribution < -0.4 is 5.32 Å². The summed E-state index contributed by atoms with van der Waals surface area (Å²) in [5.74, 6) is -0.710. The molecule has 0 amide bonds. The highest BCUT2D eigenvalue weighted by molar-refractivity contribution is 5.36. The maximum atomic E-state index is 14.1.